The van der Waals surface area contributed by atoms with Gasteiger partial charge in [0, 0.05) is 23.8 Å². The van der Waals surface area contributed by atoms with E-state index >= 15 is 0 Å². The monoisotopic (exact) mass is 260 g/mol. The van der Waals surface area contributed by atoms with E-state index in [9.17, 15) is 9.90 Å². The van der Waals surface area contributed by atoms with Crippen molar-refractivity contribution in [3.8, 4) is 12.3 Å². The molecule has 2 N–H and O–H groups in total. The summed E-state index contributed by atoms with van der Waals surface area (Å²) < 4.78 is 0. The molecule has 0 saturated carbocycles. The normalized spacial score (nSPS) is 11.8. The van der Waals surface area contributed by atoms with E-state index in [1.54, 1.807) is 36.1 Å². The smallest absolute Gasteiger partial charge is 0.322 e. The molecule has 1 rings (SSSR count). The number of benzene rings is 1. The first kappa shape index (κ1) is 15.1. The van der Waals surface area contributed by atoms with Gasteiger partial charge in [-0.1, -0.05) is 12.0 Å². The second-order valence-corrected chi connectivity index (χ2v) is 4.75. The molecular formula is C15H20N2O2. The highest BCUT2D eigenvalue weighted by Crippen LogP contribution is 2.12. The number of hydrogen-bond donors (Lipinski definition) is 2. The summed E-state index contributed by atoms with van der Waals surface area (Å²) in [4.78, 5) is 13.7. The van der Waals surface area contributed by atoms with E-state index in [0.29, 0.717) is 17.8 Å². The molecule has 0 radical (unpaired) electrons. The van der Waals surface area contributed by atoms with Gasteiger partial charge in [-0.15, -0.1) is 6.42 Å². The summed E-state index contributed by atoms with van der Waals surface area (Å²) in [5.41, 5.74) is 1.36. The molecule has 0 saturated heterocycles. The Balaban J connectivity index is 2.78. The summed E-state index contributed by atoms with van der Waals surface area (Å²) in [7, 11) is 0. The molecule has 2 amide bonds. The third kappa shape index (κ3) is 4.65. The SMILES string of the molecule is C#Cc1cccc(NC(=O)N(CC(C)O)C(C)C)c1. The van der Waals surface area contributed by atoms with Crippen LogP contribution in [0.2, 0.25) is 0 Å². The summed E-state index contributed by atoms with van der Waals surface area (Å²) in [6.45, 7) is 5.75. The molecule has 1 atom stereocenters. The maximum atomic E-state index is 12.1. The van der Waals surface area contributed by atoms with Gasteiger partial charge in [0.2, 0.25) is 0 Å². The lowest BCUT2D eigenvalue weighted by Crippen LogP contribution is -2.43. The van der Waals surface area contributed by atoms with Crippen LogP contribution in [0.3, 0.4) is 0 Å². The first-order valence-electron chi connectivity index (χ1n) is 6.26. The third-order valence-corrected chi connectivity index (χ3v) is 2.63. The molecule has 0 aliphatic rings. The number of anilines is 1. The van der Waals surface area contributed by atoms with Crippen molar-refractivity contribution in [2.24, 2.45) is 0 Å². The second-order valence-electron chi connectivity index (χ2n) is 4.75. The number of rotatable bonds is 4. The Morgan fingerprint density at radius 1 is 1.47 bits per heavy atom. The molecule has 0 aliphatic carbocycles. The van der Waals surface area contributed by atoms with Crippen molar-refractivity contribution in [2.75, 3.05) is 11.9 Å². The second kappa shape index (κ2) is 6.81. The Labute approximate surface area is 114 Å². The molecule has 0 bridgehead atoms. The molecule has 4 nitrogen and oxygen atoms in total. The lowest BCUT2D eigenvalue weighted by molar-refractivity contribution is 0.125. The van der Waals surface area contributed by atoms with Crippen molar-refractivity contribution in [2.45, 2.75) is 32.9 Å². The average molecular weight is 260 g/mol. The maximum absolute atomic E-state index is 12.1. The molecule has 4 heteroatoms. The Morgan fingerprint density at radius 3 is 2.68 bits per heavy atom. The largest absolute Gasteiger partial charge is 0.392 e. The van der Waals surface area contributed by atoms with E-state index < -0.39 is 6.10 Å². The number of aliphatic hydroxyl groups is 1. The van der Waals surface area contributed by atoms with Crippen LogP contribution >= 0.6 is 0 Å². The highest BCUT2D eigenvalue weighted by molar-refractivity contribution is 5.89. The van der Waals surface area contributed by atoms with E-state index in [1.807, 2.05) is 13.8 Å². The zero-order valence-corrected chi connectivity index (χ0v) is 11.6. The fourth-order valence-corrected chi connectivity index (χ4v) is 1.69. The lowest BCUT2D eigenvalue weighted by Gasteiger charge is -2.28. The molecule has 1 unspecified atom stereocenters. The van der Waals surface area contributed by atoms with E-state index in [1.165, 1.54) is 0 Å². The molecule has 102 valence electrons. The highest BCUT2D eigenvalue weighted by Gasteiger charge is 2.18. The van der Waals surface area contributed by atoms with Crippen LogP contribution in [0, 0.1) is 12.3 Å². The summed E-state index contributed by atoms with van der Waals surface area (Å²) >= 11 is 0. The molecule has 19 heavy (non-hydrogen) atoms. The van der Waals surface area contributed by atoms with Gasteiger partial charge in [0.1, 0.15) is 0 Å². The minimum Gasteiger partial charge on any atom is -0.392 e. The zero-order chi connectivity index (χ0) is 14.4. The van der Waals surface area contributed by atoms with Gasteiger partial charge in [0.25, 0.3) is 0 Å². The number of nitrogens with one attached hydrogen (secondary N) is 1. The van der Waals surface area contributed by atoms with Gasteiger partial charge in [0.05, 0.1) is 6.10 Å². The van der Waals surface area contributed by atoms with Crippen LogP contribution in [0.15, 0.2) is 24.3 Å². The first-order chi connectivity index (χ1) is 8.93. The maximum Gasteiger partial charge on any atom is 0.322 e. The zero-order valence-electron chi connectivity index (χ0n) is 11.6. The number of aliphatic hydroxyl groups excluding tert-OH is 1. The number of amides is 2. The fourth-order valence-electron chi connectivity index (χ4n) is 1.69. The van der Waals surface area contributed by atoms with E-state index in [-0.39, 0.29) is 12.1 Å². The van der Waals surface area contributed by atoms with Gasteiger partial charge >= 0.3 is 6.03 Å². The fraction of sp³-hybridized carbons (Fsp3) is 0.400. The Bertz CT molecular complexity index is 475. The molecule has 0 spiro atoms. The number of terminal acetylenes is 1. The van der Waals surface area contributed by atoms with Crippen LogP contribution in [-0.2, 0) is 0 Å². The van der Waals surface area contributed by atoms with Crippen molar-refractivity contribution in [1.29, 1.82) is 0 Å². The number of carbonyl (C=O) groups excluding carboxylic acids is 1. The predicted octanol–water partition coefficient (Wildman–Crippen LogP) is 2.29. The van der Waals surface area contributed by atoms with Crippen molar-refractivity contribution in [3.05, 3.63) is 29.8 Å². The number of hydrogen-bond acceptors (Lipinski definition) is 2. The molecular weight excluding hydrogens is 240 g/mol. The molecule has 0 aromatic heterocycles. The third-order valence-electron chi connectivity index (χ3n) is 2.63. The summed E-state index contributed by atoms with van der Waals surface area (Å²) in [5, 5.41) is 12.2. The number of urea groups is 1. The van der Waals surface area contributed by atoms with Crippen molar-refractivity contribution in [3.63, 3.8) is 0 Å². The summed E-state index contributed by atoms with van der Waals surface area (Å²) in [6, 6.07) is 6.86. The lowest BCUT2D eigenvalue weighted by atomic mass is 10.2. The highest BCUT2D eigenvalue weighted by atomic mass is 16.3. The van der Waals surface area contributed by atoms with Gasteiger partial charge < -0.3 is 15.3 Å². The van der Waals surface area contributed by atoms with Gasteiger partial charge in [-0.3, -0.25) is 0 Å². The average Bonchev–Trinajstić information content (AvgIpc) is 2.35. The van der Waals surface area contributed by atoms with Gasteiger partial charge in [0.15, 0.2) is 0 Å². The van der Waals surface area contributed by atoms with Crippen molar-refractivity contribution < 1.29 is 9.90 Å². The first-order valence-corrected chi connectivity index (χ1v) is 6.26. The number of carbonyl (C=O) groups is 1. The molecule has 1 aromatic carbocycles. The minimum absolute atomic E-state index is 0.00501. The predicted molar refractivity (Wildman–Crippen MR) is 76.9 cm³/mol. The van der Waals surface area contributed by atoms with E-state index in [2.05, 4.69) is 11.2 Å². The summed E-state index contributed by atoms with van der Waals surface area (Å²) in [6.07, 6.45) is 4.75. The molecule has 0 heterocycles. The quantitative estimate of drug-likeness (QED) is 0.816. The number of nitrogens with zero attached hydrogens (tertiary/aromatic N) is 1. The molecule has 0 aliphatic heterocycles. The van der Waals surface area contributed by atoms with Crippen LogP contribution in [0.25, 0.3) is 0 Å². The van der Waals surface area contributed by atoms with Crippen LogP contribution in [0.5, 0.6) is 0 Å². The van der Waals surface area contributed by atoms with Crippen molar-refractivity contribution >= 4 is 11.7 Å². The van der Waals surface area contributed by atoms with Gasteiger partial charge in [-0.2, -0.15) is 0 Å². The Kier molecular flexibility index (Phi) is 5.40. The summed E-state index contributed by atoms with van der Waals surface area (Å²) in [5.74, 6) is 2.52. The minimum atomic E-state index is -0.565. The van der Waals surface area contributed by atoms with Gasteiger partial charge in [-0.05, 0) is 39.0 Å². The Hall–Kier alpha value is -1.99. The standard InChI is InChI=1S/C15H20N2O2/c1-5-13-7-6-8-14(9-13)16-15(19)17(11(2)3)10-12(4)18/h1,6-9,11-12,18H,10H2,2-4H3,(H,16,19). The molecule has 1 aromatic rings. The molecule has 0 fully saturated rings. The van der Waals surface area contributed by atoms with Crippen LogP contribution in [-0.4, -0.2) is 34.7 Å². The topological polar surface area (TPSA) is 52.6 Å². The van der Waals surface area contributed by atoms with Crippen LogP contribution in [0.1, 0.15) is 26.3 Å². The van der Waals surface area contributed by atoms with Gasteiger partial charge in [-0.25, -0.2) is 4.79 Å². The van der Waals surface area contributed by atoms with Crippen LogP contribution < -0.4 is 5.32 Å². The van der Waals surface area contributed by atoms with E-state index in [0.717, 1.165) is 0 Å². The van der Waals surface area contributed by atoms with Crippen molar-refractivity contribution in [1.82, 2.24) is 4.90 Å². The van der Waals surface area contributed by atoms with E-state index in [4.69, 9.17) is 6.42 Å². The van der Waals surface area contributed by atoms with Crippen LogP contribution in [0.4, 0.5) is 10.5 Å². The Morgan fingerprint density at radius 2 is 2.16 bits per heavy atom.